The largest absolute Gasteiger partial charge is 0.301 e. The number of hydrogen-bond acceptors (Lipinski definition) is 2. The Hall–Kier alpha value is -1.28. The number of nitrogens with one attached hydrogen (secondary N) is 1. The molecule has 23 heavy (non-hydrogen) atoms. The van der Waals surface area contributed by atoms with Crippen molar-refractivity contribution in [3.8, 4) is 0 Å². The van der Waals surface area contributed by atoms with E-state index in [-0.39, 0.29) is 0 Å². The predicted octanol–water partition coefficient (Wildman–Crippen LogP) is 3.63. The van der Waals surface area contributed by atoms with E-state index in [9.17, 15) is 4.79 Å². The van der Waals surface area contributed by atoms with Gasteiger partial charge in [-0.2, -0.15) is 0 Å². The molecule has 0 fully saturated rings. The van der Waals surface area contributed by atoms with E-state index in [4.69, 9.17) is 11.8 Å². The molecule has 0 amide bonds. The standard InChI is InChI=1S/C19H24NOPS/c1-16(2)14-19(3,15-21)20-22(23,17-10-6-4-7-11-17)18-12-8-5-9-13-18/h4-13,15-16H,14H2,1-3H3,(H,20,23)/t19-/m0/s1. The van der Waals surface area contributed by atoms with Crippen molar-refractivity contribution in [3.63, 3.8) is 0 Å². The molecule has 0 spiro atoms. The molecule has 0 aliphatic heterocycles. The first-order chi connectivity index (χ1) is 10.9. The maximum absolute atomic E-state index is 11.8. The Labute approximate surface area is 144 Å². The van der Waals surface area contributed by atoms with Crippen molar-refractivity contribution >= 4 is 34.9 Å². The van der Waals surface area contributed by atoms with Gasteiger partial charge in [-0.1, -0.05) is 86.3 Å². The molecule has 0 aliphatic rings. The van der Waals surface area contributed by atoms with Gasteiger partial charge in [-0.15, -0.1) is 0 Å². The minimum atomic E-state index is -2.27. The summed E-state index contributed by atoms with van der Waals surface area (Å²) in [6.45, 7) is 6.20. The highest BCUT2D eigenvalue weighted by molar-refractivity contribution is 8.21. The van der Waals surface area contributed by atoms with Crippen LogP contribution in [-0.4, -0.2) is 11.8 Å². The zero-order valence-electron chi connectivity index (χ0n) is 13.9. The molecular formula is C19H24NOPS. The molecular weight excluding hydrogens is 321 g/mol. The first-order valence-electron chi connectivity index (χ1n) is 7.87. The fourth-order valence-electron chi connectivity index (χ4n) is 2.88. The smallest absolute Gasteiger partial charge is 0.140 e. The SMILES string of the molecule is CC(C)C[C@@](C)(C=O)NP(=S)(c1ccccc1)c1ccccc1. The third kappa shape index (κ3) is 4.38. The average Bonchev–Trinajstić information content (AvgIpc) is 2.55. The monoisotopic (exact) mass is 345 g/mol. The lowest BCUT2D eigenvalue weighted by Gasteiger charge is -2.35. The van der Waals surface area contributed by atoms with Crippen molar-refractivity contribution in [1.29, 1.82) is 0 Å². The Kier molecular flexibility index (Phi) is 5.91. The van der Waals surface area contributed by atoms with Gasteiger partial charge in [0.2, 0.25) is 0 Å². The lowest BCUT2D eigenvalue weighted by Crippen LogP contribution is -2.46. The summed E-state index contributed by atoms with van der Waals surface area (Å²) in [5, 5.41) is 5.74. The molecule has 0 aliphatic carbocycles. The van der Waals surface area contributed by atoms with E-state index < -0.39 is 11.7 Å². The summed E-state index contributed by atoms with van der Waals surface area (Å²) >= 11 is 6.14. The van der Waals surface area contributed by atoms with Crippen LogP contribution in [0.25, 0.3) is 0 Å². The van der Waals surface area contributed by atoms with E-state index in [1.165, 1.54) is 0 Å². The third-order valence-electron chi connectivity index (χ3n) is 3.74. The molecule has 2 nitrogen and oxygen atoms in total. The number of aldehydes is 1. The van der Waals surface area contributed by atoms with Crippen LogP contribution in [0.3, 0.4) is 0 Å². The van der Waals surface area contributed by atoms with Crippen LogP contribution in [0.1, 0.15) is 27.2 Å². The molecule has 0 radical (unpaired) electrons. The van der Waals surface area contributed by atoms with Crippen molar-refractivity contribution < 1.29 is 4.79 Å². The molecule has 0 saturated carbocycles. The lowest BCUT2D eigenvalue weighted by atomic mass is 9.93. The number of benzene rings is 2. The third-order valence-corrected chi connectivity index (χ3v) is 8.16. The zero-order valence-corrected chi connectivity index (χ0v) is 15.6. The van der Waals surface area contributed by atoms with E-state index >= 15 is 0 Å². The summed E-state index contributed by atoms with van der Waals surface area (Å²) in [4.78, 5) is 11.8. The van der Waals surface area contributed by atoms with Gasteiger partial charge in [-0.25, -0.2) is 0 Å². The van der Waals surface area contributed by atoms with E-state index in [0.717, 1.165) is 23.3 Å². The van der Waals surface area contributed by atoms with Crippen molar-refractivity contribution in [2.75, 3.05) is 0 Å². The highest BCUT2D eigenvalue weighted by atomic mass is 32.4. The Balaban J connectivity index is 2.51. The first kappa shape index (κ1) is 18.1. The number of carbonyl (C=O) groups excluding carboxylic acids is 1. The summed E-state index contributed by atoms with van der Waals surface area (Å²) < 4.78 is 0. The summed E-state index contributed by atoms with van der Waals surface area (Å²) in [6, 6.07) is 20.2. The average molecular weight is 345 g/mol. The second kappa shape index (κ2) is 7.53. The van der Waals surface area contributed by atoms with Crippen molar-refractivity contribution in [1.82, 2.24) is 5.09 Å². The van der Waals surface area contributed by atoms with E-state index in [2.05, 4.69) is 43.2 Å². The number of carbonyl (C=O) groups is 1. The van der Waals surface area contributed by atoms with Gasteiger partial charge in [0.25, 0.3) is 0 Å². The molecule has 0 bridgehead atoms. The molecule has 0 saturated heterocycles. The summed E-state index contributed by atoms with van der Waals surface area (Å²) in [7, 11) is 0. The van der Waals surface area contributed by atoms with Gasteiger partial charge >= 0.3 is 0 Å². The highest BCUT2D eigenvalue weighted by Crippen LogP contribution is 2.42. The maximum atomic E-state index is 11.8. The predicted molar refractivity (Wildman–Crippen MR) is 103 cm³/mol. The molecule has 0 unspecified atom stereocenters. The van der Waals surface area contributed by atoms with Crippen LogP contribution in [0.4, 0.5) is 0 Å². The van der Waals surface area contributed by atoms with E-state index in [1.807, 2.05) is 43.3 Å². The van der Waals surface area contributed by atoms with Crippen molar-refractivity contribution in [2.45, 2.75) is 32.7 Å². The van der Waals surface area contributed by atoms with E-state index in [0.29, 0.717) is 5.92 Å². The summed E-state index contributed by atoms with van der Waals surface area (Å²) in [5.74, 6) is 0.410. The fraction of sp³-hybridized carbons (Fsp3) is 0.316. The lowest BCUT2D eigenvalue weighted by molar-refractivity contribution is -0.112. The van der Waals surface area contributed by atoms with Crippen LogP contribution in [0.2, 0.25) is 0 Å². The maximum Gasteiger partial charge on any atom is 0.140 e. The van der Waals surface area contributed by atoms with Crippen molar-refractivity contribution in [2.24, 2.45) is 5.92 Å². The van der Waals surface area contributed by atoms with Gasteiger partial charge in [-0.05, 0) is 19.3 Å². The first-order valence-corrected chi connectivity index (χ1v) is 10.7. The van der Waals surface area contributed by atoms with Gasteiger partial charge in [0, 0.05) is 10.6 Å². The summed E-state index contributed by atoms with van der Waals surface area (Å²) in [5.41, 5.74) is -0.630. The Bertz CT molecular complexity index is 644. The summed E-state index contributed by atoms with van der Waals surface area (Å²) in [6.07, 6.45) is -0.494. The van der Waals surface area contributed by atoms with Crippen molar-refractivity contribution in [3.05, 3.63) is 60.7 Å². The topological polar surface area (TPSA) is 29.1 Å². The molecule has 122 valence electrons. The highest BCUT2D eigenvalue weighted by Gasteiger charge is 2.33. The second-order valence-electron chi connectivity index (χ2n) is 6.53. The quantitative estimate of drug-likeness (QED) is 0.614. The van der Waals surface area contributed by atoms with Crippen LogP contribution in [0.15, 0.2) is 60.7 Å². The normalized spacial score (nSPS) is 14.4. The molecule has 1 N–H and O–H groups in total. The minimum absolute atomic E-state index is 0.410. The molecule has 1 atom stereocenters. The molecule has 2 rings (SSSR count). The second-order valence-corrected chi connectivity index (χ2v) is 10.6. The number of hydrogen-bond donors (Lipinski definition) is 1. The van der Waals surface area contributed by atoms with Gasteiger partial charge < -0.3 is 4.79 Å². The molecule has 4 heteroatoms. The van der Waals surface area contributed by atoms with Gasteiger partial charge in [0.05, 0.1) is 11.7 Å². The van der Waals surface area contributed by atoms with E-state index in [1.54, 1.807) is 0 Å². The van der Waals surface area contributed by atoms with Gasteiger partial charge in [0.15, 0.2) is 0 Å². The molecule has 0 heterocycles. The van der Waals surface area contributed by atoms with Crippen LogP contribution in [0.5, 0.6) is 0 Å². The molecule has 0 aromatic heterocycles. The van der Waals surface area contributed by atoms with Crippen LogP contribution in [-0.2, 0) is 16.6 Å². The number of rotatable bonds is 7. The van der Waals surface area contributed by atoms with Crippen LogP contribution in [0, 0.1) is 5.92 Å². The Morgan fingerprint density at radius 1 is 1.04 bits per heavy atom. The Morgan fingerprint density at radius 2 is 1.48 bits per heavy atom. The van der Waals surface area contributed by atoms with Gasteiger partial charge in [0.1, 0.15) is 6.29 Å². The van der Waals surface area contributed by atoms with Crippen LogP contribution >= 0.6 is 6.19 Å². The Morgan fingerprint density at radius 3 is 1.83 bits per heavy atom. The zero-order chi connectivity index (χ0) is 16.9. The van der Waals surface area contributed by atoms with Gasteiger partial charge in [-0.3, -0.25) is 5.09 Å². The minimum Gasteiger partial charge on any atom is -0.301 e. The van der Waals surface area contributed by atoms with Crippen LogP contribution < -0.4 is 15.7 Å². The molecule has 2 aromatic carbocycles. The molecule has 2 aromatic rings. The fourth-order valence-corrected chi connectivity index (χ4v) is 6.84.